The molecule has 15 heavy (non-hydrogen) atoms. The summed E-state index contributed by atoms with van der Waals surface area (Å²) in [7, 11) is 2.12. The predicted molar refractivity (Wildman–Crippen MR) is 64.9 cm³/mol. The van der Waals surface area contributed by atoms with Crippen LogP contribution in [0.15, 0.2) is 18.3 Å². The first-order valence-electron chi connectivity index (χ1n) is 5.64. The summed E-state index contributed by atoms with van der Waals surface area (Å²) in [6.07, 6.45) is 5.62. The summed E-state index contributed by atoms with van der Waals surface area (Å²) >= 11 is 0. The first-order chi connectivity index (χ1) is 7.27. The van der Waals surface area contributed by atoms with Crippen molar-refractivity contribution < 1.29 is 0 Å². The summed E-state index contributed by atoms with van der Waals surface area (Å²) in [6.45, 7) is 3.83. The third-order valence-corrected chi connectivity index (χ3v) is 2.55. The van der Waals surface area contributed by atoms with E-state index in [1.807, 2.05) is 12.3 Å². The van der Waals surface area contributed by atoms with E-state index in [9.17, 15) is 0 Å². The number of rotatable bonds is 6. The first kappa shape index (κ1) is 12.0. The average Bonchev–Trinajstić information content (AvgIpc) is 2.29. The van der Waals surface area contributed by atoms with Gasteiger partial charge in [0.25, 0.3) is 0 Å². The van der Waals surface area contributed by atoms with Crippen LogP contribution in [0.1, 0.15) is 31.9 Å². The zero-order valence-corrected chi connectivity index (χ0v) is 9.74. The van der Waals surface area contributed by atoms with E-state index in [0.717, 1.165) is 12.2 Å². The van der Waals surface area contributed by atoms with Gasteiger partial charge in [-0.25, -0.2) is 0 Å². The highest BCUT2D eigenvalue weighted by atomic mass is 15.1. The molecule has 3 heteroatoms. The summed E-state index contributed by atoms with van der Waals surface area (Å²) in [5, 5.41) is 0. The molecule has 1 rings (SSSR count). The largest absolute Gasteiger partial charge is 0.375 e. The van der Waals surface area contributed by atoms with Crippen LogP contribution in [-0.4, -0.2) is 18.6 Å². The van der Waals surface area contributed by atoms with Gasteiger partial charge in [0.05, 0.1) is 5.69 Å². The Kier molecular flexibility index (Phi) is 5.12. The fourth-order valence-corrected chi connectivity index (χ4v) is 1.54. The summed E-state index contributed by atoms with van der Waals surface area (Å²) < 4.78 is 0. The van der Waals surface area contributed by atoms with Crippen molar-refractivity contribution >= 4 is 5.69 Å². The SMILES string of the molecule is CCCCCN(C)c1ccnc(CN)c1. The van der Waals surface area contributed by atoms with Gasteiger partial charge in [-0.2, -0.15) is 0 Å². The van der Waals surface area contributed by atoms with E-state index in [1.54, 1.807) is 0 Å². The average molecular weight is 207 g/mol. The minimum Gasteiger partial charge on any atom is -0.375 e. The Morgan fingerprint density at radius 2 is 2.20 bits per heavy atom. The second-order valence-corrected chi connectivity index (χ2v) is 3.84. The molecule has 0 aliphatic rings. The third-order valence-electron chi connectivity index (χ3n) is 2.55. The molecule has 3 nitrogen and oxygen atoms in total. The van der Waals surface area contributed by atoms with Crippen LogP contribution in [0.2, 0.25) is 0 Å². The molecule has 0 fully saturated rings. The van der Waals surface area contributed by atoms with Gasteiger partial charge in [0.15, 0.2) is 0 Å². The Morgan fingerprint density at radius 1 is 1.40 bits per heavy atom. The zero-order chi connectivity index (χ0) is 11.1. The molecule has 0 amide bonds. The van der Waals surface area contributed by atoms with Gasteiger partial charge in [0.1, 0.15) is 0 Å². The number of aromatic nitrogens is 1. The molecule has 1 aromatic heterocycles. The Balaban J connectivity index is 2.52. The van der Waals surface area contributed by atoms with Gasteiger partial charge in [-0.05, 0) is 18.6 Å². The predicted octanol–water partition coefficient (Wildman–Crippen LogP) is 2.17. The Labute approximate surface area is 92.3 Å². The van der Waals surface area contributed by atoms with Crippen LogP contribution in [0.25, 0.3) is 0 Å². The lowest BCUT2D eigenvalue weighted by Crippen LogP contribution is -2.18. The second-order valence-electron chi connectivity index (χ2n) is 3.84. The van der Waals surface area contributed by atoms with Crippen LogP contribution in [0, 0.1) is 0 Å². The van der Waals surface area contributed by atoms with Crippen LogP contribution in [-0.2, 0) is 6.54 Å². The van der Waals surface area contributed by atoms with Gasteiger partial charge >= 0.3 is 0 Å². The fourth-order valence-electron chi connectivity index (χ4n) is 1.54. The molecule has 0 spiro atoms. The summed E-state index contributed by atoms with van der Waals surface area (Å²) in [6, 6.07) is 4.09. The van der Waals surface area contributed by atoms with Crippen molar-refractivity contribution in [2.45, 2.75) is 32.7 Å². The summed E-state index contributed by atoms with van der Waals surface area (Å²) in [5.74, 6) is 0. The van der Waals surface area contributed by atoms with E-state index in [1.165, 1.54) is 24.9 Å². The molecular weight excluding hydrogens is 186 g/mol. The van der Waals surface area contributed by atoms with Gasteiger partial charge in [-0.3, -0.25) is 4.98 Å². The van der Waals surface area contributed by atoms with E-state index >= 15 is 0 Å². The minimum absolute atomic E-state index is 0.511. The number of hydrogen-bond acceptors (Lipinski definition) is 3. The topological polar surface area (TPSA) is 42.2 Å². The minimum atomic E-state index is 0.511. The van der Waals surface area contributed by atoms with E-state index in [-0.39, 0.29) is 0 Å². The maximum atomic E-state index is 5.56. The van der Waals surface area contributed by atoms with Crippen LogP contribution >= 0.6 is 0 Å². The third kappa shape index (κ3) is 3.88. The number of unbranched alkanes of at least 4 members (excludes halogenated alkanes) is 2. The molecule has 2 N–H and O–H groups in total. The first-order valence-corrected chi connectivity index (χ1v) is 5.64. The highest BCUT2D eigenvalue weighted by Crippen LogP contribution is 2.13. The molecule has 1 aromatic rings. The molecular formula is C12H21N3. The van der Waals surface area contributed by atoms with Crippen LogP contribution < -0.4 is 10.6 Å². The fraction of sp³-hybridized carbons (Fsp3) is 0.583. The summed E-state index contributed by atoms with van der Waals surface area (Å²) in [5.41, 5.74) is 7.72. The maximum Gasteiger partial charge on any atom is 0.0560 e. The normalized spacial score (nSPS) is 10.3. The molecule has 0 aliphatic carbocycles. The van der Waals surface area contributed by atoms with Crippen molar-refractivity contribution in [3.05, 3.63) is 24.0 Å². The molecule has 0 saturated heterocycles. The van der Waals surface area contributed by atoms with E-state index in [4.69, 9.17) is 5.73 Å². The lowest BCUT2D eigenvalue weighted by Gasteiger charge is -2.19. The number of hydrogen-bond donors (Lipinski definition) is 1. The van der Waals surface area contributed by atoms with E-state index in [2.05, 4.69) is 29.9 Å². The van der Waals surface area contributed by atoms with E-state index < -0.39 is 0 Å². The monoisotopic (exact) mass is 207 g/mol. The van der Waals surface area contributed by atoms with Crippen molar-refractivity contribution in [2.75, 3.05) is 18.5 Å². The molecule has 84 valence electrons. The number of nitrogens with two attached hydrogens (primary N) is 1. The van der Waals surface area contributed by atoms with Crippen molar-refractivity contribution in [1.29, 1.82) is 0 Å². The number of anilines is 1. The van der Waals surface area contributed by atoms with Crippen molar-refractivity contribution in [2.24, 2.45) is 5.73 Å². The molecule has 0 bridgehead atoms. The van der Waals surface area contributed by atoms with Gasteiger partial charge in [-0.15, -0.1) is 0 Å². The lowest BCUT2D eigenvalue weighted by atomic mass is 10.2. The molecule has 0 atom stereocenters. The highest BCUT2D eigenvalue weighted by Gasteiger charge is 2.01. The van der Waals surface area contributed by atoms with Gasteiger partial charge in [0.2, 0.25) is 0 Å². The van der Waals surface area contributed by atoms with Crippen LogP contribution in [0.4, 0.5) is 5.69 Å². The zero-order valence-electron chi connectivity index (χ0n) is 9.74. The maximum absolute atomic E-state index is 5.56. The Bertz CT molecular complexity index is 286. The molecule has 0 aromatic carbocycles. The van der Waals surface area contributed by atoms with Crippen molar-refractivity contribution in [3.8, 4) is 0 Å². The van der Waals surface area contributed by atoms with Crippen molar-refractivity contribution in [1.82, 2.24) is 4.98 Å². The van der Waals surface area contributed by atoms with Crippen LogP contribution in [0.5, 0.6) is 0 Å². The lowest BCUT2D eigenvalue weighted by molar-refractivity contribution is 0.704. The molecule has 1 heterocycles. The van der Waals surface area contributed by atoms with Gasteiger partial charge in [0, 0.05) is 32.0 Å². The summed E-state index contributed by atoms with van der Waals surface area (Å²) in [4.78, 5) is 6.45. The van der Waals surface area contributed by atoms with Gasteiger partial charge < -0.3 is 10.6 Å². The number of pyridine rings is 1. The number of nitrogens with zero attached hydrogens (tertiary/aromatic N) is 2. The second kappa shape index (κ2) is 6.40. The molecule has 0 saturated carbocycles. The molecule has 0 radical (unpaired) electrons. The van der Waals surface area contributed by atoms with E-state index in [0.29, 0.717) is 6.54 Å². The smallest absolute Gasteiger partial charge is 0.0560 e. The molecule has 0 aliphatic heterocycles. The molecule has 0 unspecified atom stereocenters. The quantitative estimate of drug-likeness (QED) is 0.727. The highest BCUT2D eigenvalue weighted by molar-refractivity contribution is 5.45. The van der Waals surface area contributed by atoms with Crippen LogP contribution in [0.3, 0.4) is 0 Å². The van der Waals surface area contributed by atoms with Crippen molar-refractivity contribution in [3.63, 3.8) is 0 Å². The Morgan fingerprint density at radius 3 is 2.87 bits per heavy atom. The standard InChI is InChI=1S/C12H21N3/c1-3-4-5-8-15(2)12-6-7-14-11(9-12)10-13/h6-7,9H,3-5,8,10,13H2,1-2H3. The Hall–Kier alpha value is -1.09. The van der Waals surface area contributed by atoms with Gasteiger partial charge in [-0.1, -0.05) is 19.8 Å².